The smallest absolute Gasteiger partial charge is 0.161 e. The van der Waals surface area contributed by atoms with Gasteiger partial charge in [-0.25, -0.2) is 0 Å². The minimum Gasteiger partial charge on any atom is -0.493 e. The lowest BCUT2D eigenvalue weighted by Gasteiger charge is -2.24. The summed E-state index contributed by atoms with van der Waals surface area (Å²) >= 11 is 0. The van der Waals surface area contributed by atoms with E-state index in [1.165, 1.54) is 37.1 Å². The summed E-state index contributed by atoms with van der Waals surface area (Å²) in [6, 6.07) is 4.24. The number of rotatable bonds is 4. The first-order valence-corrected chi connectivity index (χ1v) is 7.90. The van der Waals surface area contributed by atoms with E-state index in [0.717, 1.165) is 37.5 Å². The van der Waals surface area contributed by atoms with Crippen molar-refractivity contribution in [3.05, 3.63) is 23.3 Å². The van der Waals surface area contributed by atoms with Crippen molar-refractivity contribution in [2.24, 2.45) is 0 Å². The maximum Gasteiger partial charge on any atom is 0.161 e. The number of nitrogens with zero attached hydrogens (tertiary/aromatic N) is 1. The Morgan fingerprint density at radius 2 is 1.81 bits per heavy atom. The van der Waals surface area contributed by atoms with Crippen molar-refractivity contribution in [1.82, 2.24) is 4.90 Å². The summed E-state index contributed by atoms with van der Waals surface area (Å²) in [5.74, 6) is 1.62. The van der Waals surface area contributed by atoms with Gasteiger partial charge in [0.2, 0.25) is 0 Å². The molecule has 2 aliphatic heterocycles. The molecule has 2 aliphatic rings. The molecular weight excluding hydrogens is 266 g/mol. The van der Waals surface area contributed by atoms with Crippen LogP contribution in [0.1, 0.15) is 36.5 Å². The van der Waals surface area contributed by atoms with Crippen LogP contribution >= 0.6 is 0 Å². The minimum atomic E-state index is 0.153. The fourth-order valence-electron chi connectivity index (χ4n) is 3.38. The molecule has 4 nitrogen and oxygen atoms in total. The molecule has 4 heteroatoms. The average Bonchev–Trinajstić information content (AvgIpc) is 2.94. The van der Waals surface area contributed by atoms with E-state index < -0.39 is 0 Å². The predicted octanol–water partition coefficient (Wildman–Crippen LogP) is 2.80. The molecule has 0 saturated carbocycles. The molecule has 0 amide bonds. The molecule has 2 heterocycles. The van der Waals surface area contributed by atoms with Crippen LogP contribution in [-0.4, -0.2) is 45.4 Å². The first-order chi connectivity index (χ1) is 10.3. The van der Waals surface area contributed by atoms with Crippen LogP contribution in [0.25, 0.3) is 0 Å². The maximum atomic E-state index is 6.13. The van der Waals surface area contributed by atoms with Gasteiger partial charge in [-0.15, -0.1) is 0 Å². The monoisotopic (exact) mass is 291 g/mol. The number of methoxy groups -OCH3 is 2. The van der Waals surface area contributed by atoms with Crippen LogP contribution in [0.3, 0.4) is 0 Å². The van der Waals surface area contributed by atoms with Crippen LogP contribution in [-0.2, 0) is 11.2 Å². The van der Waals surface area contributed by atoms with Gasteiger partial charge in [-0.1, -0.05) is 0 Å². The number of fused-ring (bicyclic) bond motifs is 1. The highest BCUT2D eigenvalue weighted by Gasteiger charge is 2.25. The number of benzene rings is 1. The molecule has 0 N–H and O–H groups in total. The lowest BCUT2D eigenvalue weighted by molar-refractivity contribution is 0.0332. The molecule has 0 aromatic heterocycles. The van der Waals surface area contributed by atoms with E-state index >= 15 is 0 Å². The zero-order valence-electron chi connectivity index (χ0n) is 13.1. The van der Waals surface area contributed by atoms with Crippen molar-refractivity contribution < 1.29 is 14.2 Å². The van der Waals surface area contributed by atoms with Gasteiger partial charge in [-0.2, -0.15) is 0 Å². The van der Waals surface area contributed by atoms with Gasteiger partial charge in [0.25, 0.3) is 0 Å². The summed E-state index contributed by atoms with van der Waals surface area (Å²) in [5, 5.41) is 0. The van der Waals surface area contributed by atoms with Gasteiger partial charge in [-0.05, 0) is 62.0 Å². The molecule has 1 fully saturated rings. The van der Waals surface area contributed by atoms with Crippen molar-refractivity contribution in [1.29, 1.82) is 0 Å². The quantitative estimate of drug-likeness (QED) is 0.853. The highest BCUT2D eigenvalue weighted by Crippen LogP contribution is 2.37. The Hall–Kier alpha value is -1.26. The van der Waals surface area contributed by atoms with Gasteiger partial charge in [0, 0.05) is 13.2 Å². The van der Waals surface area contributed by atoms with Crippen LogP contribution < -0.4 is 9.47 Å². The molecule has 1 aromatic carbocycles. The molecule has 116 valence electrons. The third-order valence-corrected chi connectivity index (χ3v) is 4.52. The maximum absolute atomic E-state index is 6.13. The Morgan fingerprint density at radius 1 is 1.10 bits per heavy atom. The zero-order chi connectivity index (χ0) is 14.7. The lowest BCUT2D eigenvalue weighted by atomic mass is 9.98. The van der Waals surface area contributed by atoms with E-state index in [-0.39, 0.29) is 6.10 Å². The molecule has 1 saturated heterocycles. The summed E-state index contributed by atoms with van der Waals surface area (Å²) in [5.41, 5.74) is 2.62. The average molecular weight is 291 g/mol. The summed E-state index contributed by atoms with van der Waals surface area (Å²) < 4.78 is 17.0. The fraction of sp³-hybridized carbons (Fsp3) is 0.647. The van der Waals surface area contributed by atoms with Crippen LogP contribution in [0.15, 0.2) is 12.1 Å². The Balaban J connectivity index is 1.89. The third-order valence-electron chi connectivity index (χ3n) is 4.52. The summed E-state index contributed by atoms with van der Waals surface area (Å²) in [6.45, 7) is 4.21. The van der Waals surface area contributed by atoms with Gasteiger partial charge in [-0.3, -0.25) is 0 Å². The Kier molecular flexibility index (Phi) is 4.66. The van der Waals surface area contributed by atoms with Crippen molar-refractivity contribution in [3.8, 4) is 11.5 Å². The highest BCUT2D eigenvalue weighted by atomic mass is 16.5. The number of likely N-dealkylation sites (tertiary alicyclic amines) is 1. The number of ether oxygens (including phenoxy) is 3. The first kappa shape index (κ1) is 14.7. The Morgan fingerprint density at radius 3 is 2.52 bits per heavy atom. The number of hydrogen-bond acceptors (Lipinski definition) is 4. The topological polar surface area (TPSA) is 30.9 Å². The molecule has 0 radical (unpaired) electrons. The molecule has 0 bridgehead atoms. The molecule has 0 spiro atoms. The standard InChI is InChI=1S/C17H25NO3/c1-19-15-10-13-6-5-9-21-17(12-18-7-3-4-8-18)14(13)11-16(15)20-2/h10-11,17H,3-9,12H2,1-2H3. The molecule has 0 aliphatic carbocycles. The molecule has 1 unspecified atom stereocenters. The number of aryl methyl sites for hydroxylation is 1. The largest absolute Gasteiger partial charge is 0.493 e. The predicted molar refractivity (Wildman–Crippen MR) is 82.2 cm³/mol. The van der Waals surface area contributed by atoms with E-state index in [4.69, 9.17) is 14.2 Å². The summed E-state index contributed by atoms with van der Waals surface area (Å²) in [7, 11) is 3.39. The molecule has 21 heavy (non-hydrogen) atoms. The van der Waals surface area contributed by atoms with Crippen molar-refractivity contribution in [2.75, 3.05) is 40.5 Å². The van der Waals surface area contributed by atoms with Crippen LogP contribution in [0, 0.1) is 0 Å². The van der Waals surface area contributed by atoms with Crippen LogP contribution in [0.2, 0.25) is 0 Å². The van der Waals surface area contributed by atoms with Crippen LogP contribution in [0.4, 0.5) is 0 Å². The van der Waals surface area contributed by atoms with Crippen molar-refractivity contribution >= 4 is 0 Å². The number of hydrogen-bond donors (Lipinski definition) is 0. The molecule has 3 rings (SSSR count). The molecule has 1 atom stereocenters. The fourth-order valence-corrected chi connectivity index (χ4v) is 3.38. The van der Waals surface area contributed by atoms with Gasteiger partial charge in [0.1, 0.15) is 0 Å². The van der Waals surface area contributed by atoms with E-state index in [1.807, 2.05) is 0 Å². The second kappa shape index (κ2) is 6.67. The highest BCUT2D eigenvalue weighted by molar-refractivity contribution is 5.48. The molecule has 1 aromatic rings. The summed E-state index contributed by atoms with van der Waals surface area (Å²) in [4.78, 5) is 2.51. The van der Waals surface area contributed by atoms with Crippen LogP contribution in [0.5, 0.6) is 11.5 Å². The van der Waals surface area contributed by atoms with Gasteiger partial charge >= 0.3 is 0 Å². The van der Waals surface area contributed by atoms with E-state index in [0.29, 0.717) is 0 Å². The van der Waals surface area contributed by atoms with Crippen molar-refractivity contribution in [2.45, 2.75) is 31.8 Å². The van der Waals surface area contributed by atoms with Crippen molar-refractivity contribution in [3.63, 3.8) is 0 Å². The first-order valence-electron chi connectivity index (χ1n) is 7.90. The van der Waals surface area contributed by atoms with Gasteiger partial charge in [0.05, 0.1) is 20.3 Å². The second-order valence-electron chi connectivity index (χ2n) is 5.88. The SMILES string of the molecule is COc1cc2c(cc1OC)C(CN1CCCC1)OCCC2. The normalized spacial score (nSPS) is 22.7. The zero-order valence-corrected chi connectivity index (χ0v) is 13.1. The van der Waals surface area contributed by atoms with E-state index in [2.05, 4.69) is 17.0 Å². The van der Waals surface area contributed by atoms with E-state index in [1.54, 1.807) is 14.2 Å². The Labute approximate surface area is 127 Å². The third kappa shape index (κ3) is 3.16. The minimum absolute atomic E-state index is 0.153. The lowest BCUT2D eigenvalue weighted by Crippen LogP contribution is -2.27. The summed E-state index contributed by atoms with van der Waals surface area (Å²) in [6.07, 6.45) is 4.89. The Bertz CT molecular complexity index is 483. The molecular formula is C17H25NO3. The van der Waals surface area contributed by atoms with E-state index in [9.17, 15) is 0 Å². The van der Waals surface area contributed by atoms with Gasteiger partial charge in [0.15, 0.2) is 11.5 Å². The second-order valence-corrected chi connectivity index (χ2v) is 5.88. The van der Waals surface area contributed by atoms with Gasteiger partial charge < -0.3 is 19.1 Å².